The molecule has 3 nitrogen and oxygen atoms in total. The van der Waals surface area contributed by atoms with E-state index in [-0.39, 0.29) is 0 Å². The van der Waals surface area contributed by atoms with Gasteiger partial charge in [0.1, 0.15) is 0 Å². The van der Waals surface area contributed by atoms with Gasteiger partial charge in [0.25, 0.3) is 0 Å². The van der Waals surface area contributed by atoms with Crippen molar-refractivity contribution in [3.8, 4) is 0 Å². The fraction of sp³-hybridized carbons (Fsp3) is 0.571. The first-order chi connectivity index (χ1) is 15.1. The van der Waals surface area contributed by atoms with Gasteiger partial charge in [-0.3, -0.25) is 4.90 Å². The molecule has 1 N–H and O–H groups in total. The summed E-state index contributed by atoms with van der Waals surface area (Å²) in [5, 5.41) is 3.59. The minimum absolute atomic E-state index is 0.608. The van der Waals surface area contributed by atoms with Crippen LogP contribution in [0.2, 0.25) is 0 Å². The average Bonchev–Trinajstić information content (AvgIpc) is 2.74. The van der Waals surface area contributed by atoms with E-state index in [2.05, 4.69) is 72.0 Å². The van der Waals surface area contributed by atoms with Crippen LogP contribution in [-0.2, 0) is 6.42 Å². The number of hydrogen-bond acceptors (Lipinski definition) is 3. The fourth-order valence-corrected chi connectivity index (χ4v) is 5.09. The Morgan fingerprint density at radius 3 is 2.71 bits per heavy atom. The molecular formula is C28H41N3. The van der Waals surface area contributed by atoms with Gasteiger partial charge in [-0.1, -0.05) is 62.4 Å². The predicted molar refractivity (Wildman–Crippen MR) is 133 cm³/mol. The van der Waals surface area contributed by atoms with E-state index in [1.807, 2.05) is 0 Å². The number of rotatable bonds is 10. The second-order valence-electron chi connectivity index (χ2n) is 10.1. The number of allylic oxidation sites excluding steroid dienone is 2. The summed E-state index contributed by atoms with van der Waals surface area (Å²) in [6.07, 6.45) is 11.1. The topological polar surface area (TPSA) is 18.5 Å². The molecule has 1 aliphatic carbocycles. The summed E-state index contributed by atoms with van der Waals surface area (Å²) in [6, 6.07) is 9.02. The molecule has 0 spiro atoms. The standard InChI is InChI=1S/C28H41N3/c1-22-7-10-27-13-17-31(21-28(27)18-22)20-23(2)19-29-24(3)26-11-8-25(9-12-26)6-4-14-30-15-5-16-30/h7-12,22-23,29H,3-6,13-21H2,1-2H3. The quantitative estimate of drug-likeness (QED) is 0.568. The Labute approximate surface area is 189 Å². The molecule has 2 atom stereocenters. The zero-order chi connectivity index (χ0) is 21.6. The Bertz CT molecular complexity index is 800. The molecule has 168 valence electrons. The van der Waals surface area contributed by atoms with Crippen LogP contribution < -0.4 is 5.32 Å². The maximum absolute atomic E-state index is 4.29. The Morgan fingerprint density at radius 2 is 1.97 bits per heavy atom. The van der Waals surface area contributed by atoms with Crippen molar-refractivity contribution in [2.45, 2.75) is 46.0 Å². The van der Waals surface area contributed by atoms with E-state index in [1.165, 1.54) is 69.4 Å². The highest BCUT2D eigenvalue weighted by Crippen LogP contribution is 2.29. The third kappa shape index (κ3) is 6.33. The molecule has 1 aromatic rings. The normalized spacial score (nSPS) is 22.7. The SMILES string of the molecule is C=C(NCC(C)CN1CCC2=C(CC(C)C=C2)C1)c1ccc(CCCN2CCC2)cc1. The van der Waals surface area contributed by atoms with Crippen LogP contribution in [0.15, 0.2) is 54.1 Å². The van der Waals surface area contributed by atoms with Crippen molar-refractivity contribution in [1.82, 2.24) is 15.1 Å². The van der Waals surface area contributed by atoms with Crippen molar-refractivity contribution in [3.63, 3.8) is 0 Å². The number of hydrogen-bond donors (Lipinski definition) is 1. The minimum Gasteiger partial charge on any atom is -0.385 e. The third-order valence-corrected chi connectivity index (χ3v) is 7.18. The van der Waals surface area contributed by atoms with E-state index >= 15 is 0 Å². The van der Waals surface area contributed by atoms with E-state index in [0.29, 0.717) is 11.8 Å². The molecule has 31 heavy (non-hydrogen) atoms. The second-order valence-corrected chi connectivity index (χ2v) is 10.1. The highest BCUT2D eigenvalue weighted by molar-refractivity contribution is 5.61. The molecule has 2 aliphatic heterocycles. The number of aryl methyl sites for hydroxylation is 1. The van der Waals surface area contributed by atoms with Crippen LogP contribution >= 0.6 is 0 Å². The van der Waals surface area contributed by atoms with Gasteiger partial charge in [0, 0.05) is 31.9 Å². The molecule has 0 radical (unpaired) electrons. The number of benzene rings is 1. The summed E-state index contributed by atoms with van der Waals surface area (Å²) in [5.74, 6) is 1.31. The third-order valence-electron chi connectivity index (χ3n) is 7.18. The summed E-state index contributed by atoms with van der Waals surface area (Å²) < 4.78 is 0. The molecule has 0 amide bonds. The summed E-state index contributed by atoms with van der Waals surface area (Å²) in [6.45, 7) is 17.3. The maximum atomic E-state index is 4.29. The van der Waals surface area contributed by atoms with E-state index < -0.39 is 0 Å². The summed E-state index contributed by atoms with van der Waals surface area (Å²) >= 11 is 0. The van der Waals surface area contributed by atoms with Crippen LogP contribution in [0.4, 0.5) is 0 Å². The van der Waals surface area contributed by atoms with Crippen molar-refractivity contribution in [2.75, 3.05) is 45.8 Å². The maximum Gasteiger partial charge on any atom is 0.0340 e. The summed E-state index contributed by atoms with van der Waals surface area (Å²) in [4.78, 5) is 5.20. The van der Waals surface area contributed by atoms with E-state index in [9.17, 15) is 0 Å². The first-order valence-corrected chi connectivity index (χ1v) is 12.4. The Morgan fingerprint density at radius 1 is 1.16 bits per heavy atom. The Balaban J connectivity index is 1.17. The Kier molecular flexibility index (Phi) is 7.68. The van der Waals surface area contributed by atoms with Gasteiger partial charge in [-0.2, -0.15) is 0 Å². The van der Waals surface area contributed by atoms with Gasteiger partial charge in [0.05, 0.1) is 0 Å². The van der Waals surface area contributed by atoms with Gasteiger partial charge in [-0.05, 0) is 80.3 Å². The van der Waals surface area contributed by atoms with Crippen LogP contribution in [0.25, 0.3) is 5.70 Å². The lowest BCUT2D eigenvalue weighted by molar-refractivity contribution is 0.179. The van der Waals surface area contributed by atoms with Crippen LogP contribution in [0, 0.1) is 11.8 Å². The summed E-state index contributed by atoms with van der Waals surface area (Å²) in [7, 11) is 0. The van der Waals surface area contributed by atoms with Gasteiger partial charge in [0.15, 0.2) is 0 Å². The second kappa shape index (κ2) is 10.7. The van der Waals surface area contributed by atoms with Crippen LogP contribution in [0.5, 0.6) is 0 Å². The van der Waals surface area contributed by atoms with Gasteiger partial charge in [0.2, 0.25) is 0 Å². The van der Waals surface area contributed by atoms with Crippen LogP contribution in [0.3, 0.4) is 0 Å². The molecule has 3 heteroatoms. The fourth-order valence-electron chi connectivity index (χ4n) is 5.09. The first-order valence-electron chi connectivity index (χ1n) is 12.4. The highest BCUT2D eigenvalue weighted by atomic mass is 15.2. The van der Waals surface area contributed by atoms with E-state index in [4.69, 9.17) is 0 Å². The molecule has 3 aliphatic rings. The van der Waals surface area contributed by atoms with Crippen molar-refractivity contribution < 1.29 is 0 Å². The van der Waals surface area contributed by atoms with Gasteiger partial charge < -0.3 is 10.2 Å². The Hall–Kier alpha value is -1.84. The van der Waals surface area contributed by atoms with E-state index in [0.717, 1.165) is 25.3 Å². The number of nitrogens with one attached hydrogen (secondary N) is 1. The van der Waals surface area contributed by atoms with Crippen LogP contribution in [0.1, 0.15) is 50.7 Å². The molecule has 2 heterocycles. The molecule has 1 saturated heterocycles. The van der Waals surface area contributed by atoms with Crippen molar-refractivity contribution in [3.05, 3.63) is 65.3 Å². The lowest BCUT2D eigenvalue weighted by atomic mass is 9.86. The zero-order valence-electron chi connectivity index (χ0n) is 19.7. The number of likely N-dealkylation sites (tertiary alicyclic amines) is 1. The minimum atomic E-state index is 0.608. The smallest absolute Gasteiger partial charge is 0.0340 e. The lowest BCUT2D eigenvalue weighted by Gasteiger charge is -2.34. The largest absolute Gasteiger partial charge is 0.385 e. The molecule has 1 fully saturated rings. The van der Waals surface area contributed by atoms with E-state index in [1.54, 1.807) is 11.1 Å². The molecule has 4 rings (SSSR count). The van der Waals surface area contributed by atoms with Gasteiger partial charge >= 0.3 is 0 Å². The summed E-state index contributed by atoms with van der Waals surface area (Å²) in [5.41, 5.74) is 6.99. The van der Waals surface area contributed by atoms with Gasteiger partial charge in [-0.25, -0.2) is 0 Å². The van der Waals surface area contributed by atoms with Crippen molar-refractivity contribution in [1.29, 1.82) is 0 Å². The predicted octanol–water partition coefficient (Wildman–Crippen LogP) is 5.12. The molecule has 1 aromatic carbocycles. The average molecular weight is 420 g/mol. The molecule has 2 unspecified atom stereocenters. The first kappa shape index (κ1) is 22.4. The number of nitrogens with zero attached hydrogens (tertiary/aromatic N) is 2. The highest BCUT2D eigenvalue weighted by Gasteiger charge is 2.22. The van der Waals surface area contributed by atoms with Crippen molar-refractivity contribution >= 4 is 5.70 Å². The molecule has 0 bridgehead atoms. The molecule has 0 aromatic heterocycles. The monoisotopic (exact) mass is 419 g/mol. The zero-order valence-corrected chi connectivity index (χ0v) is 19.7. The van der Waals surface area contributed by atoms with Crippen LogP contribution in [-0.4, -0.2) is 55.6 Å². The lowest BCUT2D eigenvalue weighted by Crippen LogP contribution is -2.38. The molecular weight excluding hydrogens is 378 g/mol. The molecule has 0 saturated carbocycles. The van der Waals surface area contributed by atoms with Crippen molar-refractivity contribution in [2.24, 2.45) is 11.8 Å². The van der Waals surface area contributed by atoms with Gasteiger partial charge in [-0.15, -0.1) is 0 Å².